The topological polar surface area (TPSA) is 77.8 Å². The molecule has 0 aromatic carbocycles. The first-order valence-corrected chi connectivity index (χ1v) is 14.3. The Morgan fingerprint density at radius 3 is 1.39 bits per heavy atom. The van der Waals surface area contributed by atoms with E-state index in [1.807, 2.05) is 21.1 Å². The van der Waals surface area contributed by atoms with Gasteiger partial charge in [-0.25, -0.2) is 0 Å². The van der Waals surface area contributed by atoms with Gasteiger partial charge >= 0.3 is 7.60 Å². The summed E-state index contributed by atoms with van der Waals surface area (Å²) in [5.74, 6) is 0. The van der Waals surface area contributed by atoms with Crippen LogP contribution < -0.4 is 0 Å². The average molecular weight is 463 g/mol. The molecular formula is C25H53NO4P+. The Morgan fingerprint density at radius 2 is 1.06 bits per heavy atom. The summed E-state index contributed by atoms with van der Waals surface area (Å²) < 4.78 is 12.1. The smallest absolute Gasteiger partial charge is 0.362 e. The summed E-state index contributed by atoms with van der Waals surface area (Å²) in [4.78, 5) is 19.2. The Labute approximate surface area is 193 Å². The fourth-order valence-electron chi connectivity index (χ4n) is 4.21. The third-order valence-electron chi connectivity index (χ3n) is 5.95. The Balaban J connectivity index is 3.56. The molecular weight excluding hydrogens is 409 g/mol. The Hall–Kier alpha value is -0.190. The maximum atomic E-state index is 11.8. The molecule has 6 heteroatoms. The van der Waals surface area contributed by atoms with E-state index in [-0.39, 0.29) is 13.0 Å². The number of aliphatic hydroxyl groups is 1. The van der Waals surface area contributed by atoms with Gasteiger partial charge in [-0.15, -0.1) is 0 Å². The van der Waals surface area contributed by atoms with Crippen LogP contribution in [0.5, 0.6) is 0 Å². The standard InChI is InChI=1S/C25H52NO4P/c1-5-6-7-8-9-10-11-12-13-14-15-16-17-18-19-20-21-22-23-25(27,31(28,29)30)24-26(2,3)4/h5-6,27H,7-24H2,1-4H3,(H-,28,29,30)/p+1/b6-5-. The molecule has 0 radical (unpaired) electrons. The minimum atomic E-state index is -4.54. The van der Waals surface area contributed by atoms with Crippen LogP contribution in [-0.2, 0) is 4.57 Å². The second kappa shape index (κ2) is 17.3. The van der Waals surface area contributed by atoms with Gasteiger partial charge in [-0.05, 0) is 32.6 Å². The molecule has 3 N–H and O–H groups in total. The highest BCUT2D eigenvalue weighted by atomic mass is 31.2. The number of hydrogen-bond donors (Lipinski definition) is 3. The lowest BCUT2D eigenvalue weighted by Gasteiger charge is -2.35. The summed E-state index contributed by atoms with van der Waals surface area (Å²) in [6.07, 6.45) is 24.5. The van der Waals surface area contributed by atoms with Crippen LogP contribution in [0.15, 0.2) is 12.2 Å². The van der Waals surface area contributed by atoms with Gasteiger partial charge in [-0.3, -0.25) is 4.57 Å². The van der Waals surface area contributed by atoms with Crippen LogP contribution in [0.3, 0.4) is 0 Å². The Morgan fingerprint density at radius 1 is 0.710 bits per heavy atom. The highest BCUT2D eigenvalue weighted by Crippen LogP contribution is 2.52. The second-order valence-corrected chi connectivity index (χ2v) is 12.3. The third kappa shape index (κ3) is 18.0. The van der Waals surface area contributed by atoms with Gasteiger partial charge in [0.25, 0.3) is 0 Å². The molecule has 186 valence electrons. The van der Waals surface area contributed by atoms with Crippen molar-refractivity contribution in [2.75, 3.05) is 27.7 Å². The minimum Gasteiger partial charge on any atom is -0.373 e. The SMILES string of the molecule is C/C=C\CCCCCCCCCCCCCCCCCC(O)(C[N+](C)(C)C)P(=O)(O)O. The zero-order chi connectivity index (χ0) is 23.6. The molecule has 5 nitrogen and oxygen atoms in total. The lowest BCUT2D eigenvalue weighted by Crippen LogP contribution is -2.49. The molecule has 0 aliphatic rings. The predicted octanol–water partition coefficient (Wildman–Crippen LogP) is 6.77. The normalized spacial score (nSPS) is 14.9. The largest absolute Gasteiger partial charge is 0.373 e. The number of rotatable bonds is 21. The quantitative estimate of drug-likeness (QED) is 0.0761. The van der Waals surface area contributed by atoms with Gasteiger partial charge in [0.15, 0.2) is 0 Å². The van der Waals surface area contributed by atoms with E-state index >= 15 is 0 Å². The Kier molecular flexibility index (Phi) is 17.2. The first-order valence-electron chi connectivity index (χ1n) is 12.7. The zero-order valence-corrected chi connectivity index (χ0v) is 21.9. The van der Waals surface area contributed by atoms with Crippen LogP contribution in [0.4, 0.5) is 0 Å². The predicted molar refractivity (Wildman–Crippen MR) is 133 cm³/mol. The molecule has 0 saturated heterocycles. The highest BCUT2D eigenvalue weighted by molar-refractivity contribution is 7.53. The molecule has 0 fully saturated rings. The summed E-state index contributed by atoms with van der Waals surface area (Å²) in [5, 5.41) is 8.63. The van der Waals surface area contributed by atoms with Crippen LogP contribution in [0, 0.1) is 0 Å². The van der Waals surface area contributed by atoms with Gasteiger partial charge in [0.1, 0.15) is 6.54 Å². The van der Waals surface area contributed by atoms with Crippen molar-refractivity contribution in [1.29, 1.82) is 0 Å². The molecule has 0 saturated carbocycles. The van der Waals surface area contributed by atoms with Crippen molar-refractivity contribution in [1.82, 2.24) is 0 Å². The van der Waals surface area contributed by atoms with E-state index in [9.17, 15) is 19.5 Å². The maximum absolute atomic E-state index is 11.8. The minimum absolute atomic E-state index is 0.0633. The van der Waals surface area contributed by atoms with E-state index in [4.69, 9.17) is 0 Å². The number of likely N-dealkylation sites (N-methyl/N-ethyl adjacent to an activating group) is 1. The molecule has 0 aromatic rings. The van der Waals surface area contributed by atoms with Gasteiger partial charge in [0, 0.05) is 0 Å². The first-order chi connectivity index (χ1) is 14.5. The van der Waals surface area contributed by atoms with Crippen molar-refractivity contribution < 1.29 is 23.9 Å². The van der Waals surface area contributed by atoms with Crippen molar-refractivity contribution in [2.24, 2.45) is 0 Å². The molecule has 0 heterocycles. The molecule has 0 aliphatic carbocycles. The monoisotopic (exact) mass is 462 g/mol. The average Bonchev–Trinajstić information content (AvgIpc) is 2.65. The van der Waals surface area contributed by atoms with Gasteiger partial charge in [-0.1, -0.05) is 95.6 Å². The van der Waals surface area contributed by atoms with Gasteiger partial charge in [0.2, 0.25) is 5.34 Å². The van der Waals surface area contributed by atoms with Gasteiger partial charge < -0.3 is 19.4 Å². The van der Waals surface area contributed by atoms with E-state index in [0.717, 1.165) is 12.8 Å². The van der Waals surface area contributed by atoms with Crippen LogP contribution in [-0.4, -0.2) is 52.4 Å². The summed E-state index contributed by atoms with van der Waals surface area (Å²) >= 11 is 0. The molecule has 1 unspecified atom stereocenters. The number of allylic oxidation sites excluding steroid dienone is 2. The lowest BCUT2D eigenvalue weighted by atomic mass is 10.0. The van der Waals surface area contributed by atoms with Crippen LogP contribution >= 0.6 is 7.60 Å². The van der Waals surface area contributed by atoms with Crippen LogP contribution in [0.25, 0.3) is 0 Å². The van der Waals surface area contributed by atoms with Crippen LogP contribution in [0.1, 0.15) is 116 Å². The molecule has 0 aliphatic heterocycles. The second-order valence-electron chi connectivity index (χ2n) is 10.4. The van der Waals surface area contributed by atoms with E-state index in [1.54, 1.807) is 0 Å². The van der Waals surface area contributed by atoms with Crippen molar-refractivity contribution in [3.8, 4) is 0 Å². The van der Waals surface area contributed by atoms with E-state index in [0.29, 0.717) is 10.9 Å². The molecule has 0 amide bonds. The van der Waals surface area contributed by atoms with Gasteiger partial charge in [0.05, 0.1) is 21.1 Å². The summed E-state index contributed by atoms with van der Waals surface area (Å²) in [6.45, 7) is 2.15. The molecule has 31 heavy (non-hydrogen) atoms. The highest BCUT2D eigenvalue weighted by Gasteiger charge is 2.48. The van der Waals surface area contributed by atoms with Crippen molar-refractivity contribution in [2.45, 2.75) is 121 Å². The number of quaternary nitrogens is 1. The zero-order valence-electron chi connectivity index (χ0n) is 21.0. The molecule has 0 aromatic heterocycles. The molecule has 0 bridgehead atoms. The fourth-order valence-corrected chi connectivity index (χ4v) is 5.27. The van der Waals surface area contributed by atoms with E-state index in [2.05, 4.69) is 19.1 Å². The van der Waals surface area contributed by atoms with Crippen LogP contribution in [0.2, 0.25) is 0 Å². The maximum Gasteiger partial charge on any atom is 0.362 e. The number of nitrogens with zero attached hydrogens (tertiary/aromatic N) is 1. The van der Waals surface area contributed by atoms with E-state index in [1.165, 1.54) is 83.5 Å². The molecule has 1 atom stereocenters. The van der Waals surface area contributed by atoms with E-state index < -0.39 is 12.9 Å². The number of unbranched alkanes of at least 4 members (excludes halogenated alkanes) is 15. The third-order valence-corrected chi connectivity index (χ3v) is 7.40. The summed E-state index contributed by atoms with van der Waals surface area (Å²) in [6, 6.07) is 0. The summed E-state index contributed by atoms with van der Waals surface area (Å²) in [5.41, 5.74) is 0. The summed E-state index contributed by atoms with van der Waals surface area (Å²) in [7, 11) is 0.985. The molecule has 0 rings (SSSR count). The molecule has 0 spiro atoms. The van der Waals surface area contributed by atoms with Gasteiger partial charge in [-0.2, -0.15) is 0 Å². The van der Waals surface area contributed by atoms with Crippen molar-refractivity contribution in [3.05, 3.63) is 12.2 Å². The fraction of sp³-hybridized carbons (Fsp3) is 0.920. The number of hydrogen-bond acceptors (Lipinski definition) is 2. The van der Waals surface area contributed by atoms with Crippen molar-refractivity contribution in [3.63, 3.8) is 0 Å². The van der Waals surface area contributed by atoms with Crippen molar-refractivity contribution >= 4 is 7.60 Å². The Bertz CT molecular complexity index is 498. The lowest BCUT2D eigenvalue weighted by molar-refractivity contribution is -0.875. The first kappa shape index (κ1) is 30.8.